The number of likely N-dealkylation sites (tertiary alicyclic amines) is 1. The zero-order chi connectivity index (χ0) is 21.6. The van der Waals surface area contributed by atoms with Gasteiger partial charge < -0.3 is 15.4 Å². The SMILES string of the molecule is O=C(CCCCC[C@H](NC(=O)OCCN1CCCC1)C(=O)Nc1ccccc1)NO. The van der Waals surface area contributed by atoms with E-state index in [0.717, 1.165) is 13.1 Å². The second-order valence-corrected chi connectivity index (χ2v) is 7.37. The van der Waals surface area contributed by atoms with Crippen LogP contribution in [0.3, 0.4) is 0 Å². The lowest BCUT2D eigenvalue weighted by molar-refractivity contribution is -0.129. The maximum atomic E-state index is 12.7. The zero-order valence-corrected chi connectivity index (χ0v) is 17.3. The van der Waals surface area contributed by atoms with Crippen molar-refractivity contribution in [1.29, 1.82) is 0 Å². The second-order valence-electron chi connectivity index (χ2n) is 7.37. The Morgan fingerprint density at radius 3 is 2.50 bits per heavy atom. The first kappa shape index (κ1) is 23.6. The number of anilines is 1. The van der Waals surface area contributed by atoms with Gasteiger partial charge in [0.2, 0.25) is 11.8 Å². The van der Waals surface area contributed by atoms with E-state index in [4.69, 9.17) is 9.94 Å². The number of carbonyl (C=O) groups is 3. The van der Waals surface area contributed by atoms with Crippen LogP contribution in [0.2, 0.25) is 0 Å². The van der Waals surface area contributed by atoms with Gasteiger partial charge in [-0.2, -0.15) is 0 Å². The molecule has 1 aromatic rings. The van der Waals surface area contributed by atoms with Gasteiger partial charge in [-0.3, -0.25) is 19.7 Å². The lowest BCUT2D eigenvalue weighted by atomic mass is 10.1. The Hall–Kier alpha value is -2.65. The largest absolute Gasteiger partial charge is 0.448 e. The molecule has 0 bridgehead atoms. The van der Waals surface area contributed by atoms with Crippen molar-refractivity contribution >= 4 is 23.6 Å². The Balaban J connectivity index is 1.79. The molecule has 4 N–H and O–H groups in total. The quantitative estimate of drug-likeness (QED) is 0.234. The number of hydrogen-bond donors (Lipinski definition) is 4. The van der Waals surface area contributed by atoms with E-state index in [9.17, 15) is 14.4 Å². The van der Waals surface area contributed by atoms with Crippen LogP contribution >= 0.6 is 0 Å². The Morgan fingerprint density at radius 2 is 1.80 bits per heavy atom. The van der Waals surface area contributed by atoms with E-state index in [0.29, 0.717) is 37.9 Å². The van der Waals surface area contributed by atoms with Crippen LogP contribution in [0.4, 0.5) is 10.5 Å². The third kappa shape index (κ3) is 9.23. The number of nitrogens with zero attached hydrogens (tertiary/aromatic N) is 1. The van der Waals surface area contributed by atoms with E-state index in [1.807, 2.05) is 18.2 Å². The van der Waals surface area contributed by atoms with Gasteiger partial charge in [0.1, 0.15) is 12.6 Å². The van der Waals surface area contributed by atoms with Gasteiger partial charge in [-0.25, -0.2) is 10.3 Å². The standard InChI is InChI=1S/C21H32N4O5/c26-19(24-29)12-6-2-5-11-18(20(27)22-17-9-3-1-4-10-17)23-21(28)30-16-15-25-13-7-8-14-25/h1,3-4,9-10,18,29H,2,5-8,11-16H2,(H,22,27)(H,23,28)(H,24,26)/t18-/m0/s1. The van der Waals surface area contributed by atoms with E-state index in [-0.39, 0.29) is 18.9 Å². The highest BCUT2D eigenvalue weighted by Crippen LogP contribution is 2.11. The van der Waals surface area contributed by atoms with Crippen LogP contribution < -0.4 is 16.1 Å². The number of carbonyl (C=O) groups excluding carboxylic acids is 3. The van der Waals surface area contributed by atoms with E-state index >= 15 is 0 Å². The number of ether oxygens (including phenoxy) is 1. The van der Waals surface area contributed by atoms with Gasteiger partial charge in [-0.15, -0.1) is 0 Å². The van der Waals surface area contributed by atoms with E-state index in [2.05, 4.69) is 15.5 Å². The summed E-state index contributed by atoms with van der Waals surface area (Å²) in [5.41, 5.74) is 2.25. The summed E-state index contributed by atoms with van der Waals surface area (Å²) in [4.78, 5) is 38.2. The maximum Gasteiger partial charge on any atom is 0.407 e. The molecule has 0 spiro atoms. The molecule has 1 aliphatic heterocycles. The first-order valence-corrected chi connectivity index (χ1v) is 10.5. The number of hydroxylamine groups is 1. The van der Waals surface area contributed by atoms with Crippen LogP contribution in [-0.4, -0.2) is 60.3 Å². The minimum atomic E-state index is -0.740. The Bertz CT molecular complexity index is 665. The molecule has 2 rings (SSSR count). The molecule has 3 amide bonds. The first-order chi connectivity index (χ1) is 14.6. The van der Waals surface area contributed by atoms with Crippen molar-refractivity contribution in [2.75, 3.05) is 31.6 Å². The van der Waals surface area contributed by atoms with Crippen LogP contribution in [0.1, 0.15) is 44.9 Å². The Labute approximate surface area is 177 Å². The number of alkyl carbamates (subject to hydrolysis) is 1. The highest BCUT2D eigenvalue weighted by atomic mass is 16.5. The number of unbranched alkanes of at least 4 members (excludes halogenated alkanes) is 2. The van der Waals surface area contributed by atoms with Gasteiger partial charge in [-0.05, 0) is 50.9 Å². The predicted molar refractivity (Wildman–Crippen MR) is 112 cm³/mol. The van der Waals surface area contributed by atoms with Crippen LogP contribution in [0.5, 0.6) is 0 Å². The Kier molecular flexibility index (Phi) is 10.7. The number of para-hydroxylation sites is 1. The molecule has 30 heavy (non-hydrogen) atoms. The predicted octanol–water partition coefficient (Wildman–Crippen LogP) is 2.27. The molecular weight excluding hydrogens is 388 g/mol. The first-order valence-electron chi connectivity index (χ1n) is 10.5. The molecular formula is C21H32N4O5. The number of nitrogens with one attached hydrogen (secondary N) is 3. The molecule has 0 saturated carbocycles. The molecule has 166 valence electrons. The van der Waals surface area contributed by atoms with E-state index in [1.165, 1.54) is 12.8 Å². The highest BCUT2D eigenvalue weighted by Gasteiger charge is 2.22. The van der Waals surface area contributed by atoms with Gasteiger partial charge in [0.25, 0.3) is 0 Å². The molecule has 1 fully saturated rings. The average Bonchev–Trinajstić information content (AvgIpc) is 3.26. The molecule has 1 atom stereocenters. The molecule has 0 radical (unpaired) electrons. The highest BCUT2D eigenvalue weighted by molar-refractivity contribution is 5.96. The molecule has 1 heterocycles. The molecule has 0 unspecified atom stereocenters. The summed E-state index contributed by atoms with van der Waals surface area (Å²) in [5.74, 6) is -0.751. The molecule has 1 aromatic carbocycles. The van der Waals surface area contributed by atoms with Gasteiger partial charge >= 0.3 is 6.09 Å². The third-order valence-electron chi connectivity index (χ3n) is 5.01. The average molecular weight is 421 g/mol. The minimum absolute atomic E-state index is 0.212. The summed E-state index contributed by atoms with van der Waals surface area (Å²) >= 11 is 0. The van der Waals surface area contributed by atoms with Crippen LogP contribution in [0.15, 0.2) is 30.3 Å². The fraction of sp³-hybridized carbons (Fsp3) is 0.571. The van der Waals surface area contributed by atoms with Crippen molar-refractivity contribution in [1.82, 2.24) is 15.7 Å². The van der Waals surface area contributed by atoms with Crippen molar-refractivity contribution in [3.05, 3.63) is 30.3 Å². The smallest absolute Gasteiger partial charge is 0.407 e. The molecule has 0 aliphatic carbocycles. The van der Waals surface area contributed by atoms with E-state index < -0.39 is 18.0 Å². The molecule has 1 saturated heterocycles. The third-order valence-corrected chi connectivity index (χ3v) is 5.01. The fourth-order valence-electron chi connectivity index (χ4n) is 3.34. The Morgan fingerprint density at radius 1 is 1.07 bits per heavy atom. The number of amides is 3. The molecule has 9 heteroatoms. The summed E-state index contributed by atoms with van der Waals surface area (Å²) in [6.07, 6.45) is 4.28. The minimum Gasteiger partial charge on any atom is -0.448 e. The van der Waals surface area contributed by atoms with Crippen molar-refractivity contribution in [2.45, 2.75) is 51.0 Å². The summed E-state index contributed by atoms with van der Waals surface area (Å²) in [6, 6.07) is 8.30. The van der Waals surface area contributed by atoms with E-state index in [1.54, 1.807) is 17.6 Å². The van der Waals surface area contributed by atoms with Crippen molar-refractivity contribution < 1.29 is 24.3 Å². The van der Waals surface area contributed by atoms with Crippen molar-refractivity contribution in [3.63, 3.8) is 0 Å². The fourth-order valence-corrected chi connectivity index (χ4v) is 3.34. The zero-order valence-electron chi connectivity index (χ0n) is 17.3. The maximum absolute atomic E-state index is 12.7. The summed E-state index contributed by atoms with van der Waals surface area (Å²) in [5, 5.41) is 14.0. The molecule has 9 nitrogen and oxygen atoms in total. The lowest BCUT2D eigenvalue weighted by Crippen LogP contribution is -2.44. The second kappa shape index (κ2) is 13.6. The van der Waals surface area contributed by atoms with Gasteiger partial charge in [0, 0.05) is 18.7 Å². The monoisotopic (exact) mass is 420 g/mol. The number of hydrogen-bond acceptors (Lipinski definition) is 6. The van der Waals surface area contributed by atoms with Crippen molar-refractivity contribution in [2.24, 2.45) is 0 Å². The molecule has 1 aliphatic rings. The lowest BCUT2D eigenvalue weighted by Gasteiger charge is -2.19. The summed E-state index contributed by atoms with van der Waals surface area (Å²) < 4.78 is 5.26. The normalized spacial score (nSPS) is 14.7. The van der Waals surface area contributed by atoms with Crippen LogP contribution in [-0.2, 0) is 14.3 Å². The van der Waals surface area contributed by atoms with Gasteiger partial charge in [0.05, 0.1) is 0 Å². The molecule has 0 aromatic heterocycles. The van der Waals surface area contributed by atoms with Crippen LogP contribution in [0.25, 0.3) is 0 Å². The van der Waals surface area contributed by atoms with Crippen molar-refractivity contribution in [3.8, 4) is 0 Å². The topological polar surface area (TPSA) is 120 Å². The van der Waals surface area contributed by atoms with Gasteiger partial charge in [-0.1, -0.05) is 31.0 Å². The number of rotatable bonds is 12. The van der Waals surface area contributed by atoms with Gasteiger partial charge in [0.15, 0.2) is 0 Å². The number of benzene rings is 1. The van der Waals surface area contributed by atoms with Crippen LogP contribution in [0, 0.1) is 0 Å². The summed E-state index contributed by atoms with van der Waals surface area (Å²) in [6.45, 7) is 3.04. The summed E-state index contributed by atoms with van der Waals surface area (Å²) in [7, 11) is 0.